The second-order valence-corrected chi connectivity index (χ2v) is 9.35. The van der Waals surface area contributed by atoms with Crippen molar-refractivity contribution in [1.82, 2.24) is 16.0 Å². The van der Waals surface area contributed by atoms with Gasteiger partial charge in [-0.1, -0.05) is 27.7 Å². The third-order valence-electron chi connectivity index (χ3n) is 4.65. The van der Waals surface area contributed by atoms with Crippen LogP contribution in [0.25, 0.3) is 0 Å². The highest BCUT2D eigenvalue weighted by Crippen LogP contribution is 2.09. The van der Waals surface area contributed by atoms with Gasteiger partial charge in [-0.2, -0.15) is 11.8 Å². The molecule has 0 aliphatic carbocycles. The number of amides is 3. The highest BCUT2D eigenvalue weighted by molar-refractivity contribution is 7.98. The molecule has 0 aromatic rings. The standard InChI is InChI=1S/C20H38N4O6S/c1-10(2)9-14(23-19(28)15(21)11(3)4)18(27)22-13(7-8-31-6)17(26)24-16(12(5)25)20(29)30/h10-16,25H,7-9,21H2,1-6H3,(H,22,27)(H,23,28)(H,24,26)(H,29,30). The fourth-order valence-corrected chi connectivity index (χ4v) is 3.16. The Morgan fingerprint density at radius 3 is 1.84 bits per heavy atom. The Kier molecular flexibility index (Phi) is 13.4. The maximum Gasteiger partial charge on any atom is 0.328 e. The molecular weight excluding hydrogens is 424 g/mol. The lowest BCUT2D eigenvalue weighted by molar-refractivity contribution is -0.145. The van der Waals surface area contributed by atoms with Gasteiger partial charge in [0.25, 0.3) is 0 Å². The van der Waals surface area contributed by atoms with Crippen molar-refractivity contribution < 1.29 is 29.4 Å². The highest BCUT2D eigenvalue weighted by Gasteiger charge is 2.32. The van der Waals surface area contributed by atoms with Gasteiger partial charge in [0.15, 0.2) is 6.04 Å². The molecule has 180 valence electrons. The molecule has 0 saturated carbocycles. The molecule has 0 saturated heterocycles. The molecule has 10 nitrogen and oxygen atoms in total. The minimum atomic E-state index is -1.50. The van der Waals surface area contributed by atoms with Crippen molar-refractivity contribution in [1.29, 1.82) is 0 Å². The molecule has 0 aliphatic rings. The average molecular weight is 463 g/mol. The van der Waals surface area contributed by atoms with Crippen molar-refractivity contribution in [2.45, 2.75) is 77.7 Å². The molecule has 7 N–H and O–H groups in total. The number of aliphatic carboxylic acids is 1. The molecule has 0 aliphatic heterocycles. The number of carboxylic acids is 1. The molecule has 0 radical (unpaired) electrons. The number of carbonyl (C=O) groups excluding carboxylic acids is 3. The summed E-state index contributed by atoms with van der Waals surface area (Å²) in [6.45, 7) is 8.64. The number of hydrogen-bond donors (Lipinski definition) is 6. The normalized spacial score (nSPS) is 16.2. The van der Waals surface area contributed by atoms with Gasteiger partial charge in [-0.3, -0.25) is 14.4 Å². The summed E-state index contributed by atoms with van der Waals surface area (Å²) in [7, 11) is 0. The number of carbonyl (C=O) groups is 4. The number of aliphatic hydroxyl groups is 1. The van der Waals surface area contributed by atoms with E-state index in [4.69, 9.17) is 5.73 Å². The quantitative estimate of drug-likeness (QED) is 0.204. The summed E-state index contributed by atoms with van der Waals surface area (Å²) in [5, 5.41) is 26.3. The van der Waals surface area contributed by atoms with Gasteiger partial charge < -0.3 is 31.9 Å². The zero-order valence-corrected chi connectivity index (χ0v) is 20.0. The van der Waals surface area contributed by atoms with Gasteiger partial charge in [-0.15, -0.1) is 0 Å². The lowest BCUT2D eigenvalue weighted by Gasteiger charge is -2.27. The molecule has 3 amide bonds. The summed E-state index contributed by atoms with van der Waals surface area (Å²) in [6, 6.07) is -4.20. The van der Waals surface area contributed by atoms with Crippen molar-refractivity contribution in [2.75, 3.05) is 12.0 Å². The van der Waals surface area contributed by atoms with E-state index in [0.29, 0.717) is 12.2 Å². The van der Waals surface area contributed by atoms with Gasteiger partial charge in [0, 0.05) is 0 Å². The monoisotopic (exact) mass is 462 g/mol. The molecule has 5 unspecified atom stereocenters. The number of nitrogens with two attached hydrogens (primary N) is 1. The minimum Gasteiger partial charge on any atom is -0.480 e. The van der Waals surface area contributed by atoms with Crippen LogP contribution < -0.4 is 21.7 Å². The number of hydrogen-bond acceptors (Lipinski definition) is 7. The zero-order chi connectivity index (χ0) is 24.3. The van der Waals surface area contributed by atoms with Gasteiger partial charge in [0.1, 0.15) is 12.1 Å². The predicted octanol–water partition coefficient (Wildman–Crippen LogP) is -0.311. The third-order valence-corrected chi connectivity index (χ3v) is 5.29. The summed E-state index contributed by atoms with van der Waals surface area (Å²) in [5.41, 5.74) is 5.88. The zero-order valence-electron chi connectivity index (χ0n) is 19.2. The van der Waals surface area contributed by atoms with E-state index in [1.54, 1.807) is 13.8 Å². The first-order valence-corrected chi connectivity index (χ1v) is 11.8. The van der Waals surface area contributed by atoms with Crippen LogP contribution in [0.1, 0.15) is 47.5 Å². The molecule has 0 rings (SSSR count). The fraction of sp³-hybridized carbons (Fsp3) is 0.800. The highest BCUT2D eigenvalue weighted by atomic mass is 32.2. The predicted molar refractivity (Wildman–Crippen MR) is 120 cm³/mol. The Balaban J connectivity index is 5.46. The van der Waals surface area contributed by atoms with E-state index >= 15 is 0 Å². The second kappa shape index (κ2) is 14.3. The van der Waals surface area contributed by atoms with Gasteiger partial charge in [0.2, 0.25) is 17.7 Å². The molecule has 0 bridgehead atoms. The second-order valence-electron chi connectivity index (χ2n) is 8.37. The largest absolute Gasteiger partial charge is 0.480 e. The van der Waals surface area contributed by atoms with Crippen LogP contribution in [0.4, 0.5) is 0 Å². The summed E-state index contributed by atoms with van der Waals surface area (Å²) in [5.74, 6) is -2.61. The summed E-state index contributed by atoms with van der Waals surface area (Å²) < 4.78 is 0. The number of thioether (sulfide) groups is 1. The van der Waals surface area contributed by atoms with Crippen LogP contribution >= 0.6 is 11.8 Å². The number of rotatable bonds is 14. The molecule has 31 heavy (non-hydrogen) atoms. The maximum absolute atomic E-state index is 12.9. The molecule has 0 fully saturated rings. The molecule has 0 aromatic carbocycles. The Hall–Kier alpha value is -1.85. The SMILES string of the molecule is CSCCC(NC(=O)C(CC(C)C)NC(=O)C(N)C(C)C)C(=O)NC(C(=O)O)C(C)O. The van der Waals surface area contributed by atoms with Crippen molar-refractivity contribution in [3.05, 3.63) is 0 Å². The van der Waals surface area contributed by atoms with E-state index in [0.717, 1.165) is 0 Å². The number of carboxylic acid groups (broad SMARTS) is 1. The van der Waals surface area contributed by atoms with Crippen LogP contribution in [0, 0.1) is 11.8 Å². The van der Waals surface area contributed by atoms with E-state index in [1.165, 1.54) is 18.7 Å². The van der Waals surface area contributed by atoms with Crippen LogP contribution in [-0.2, 0) is 19.2 Å². The lowest BCUT2D eigenvalue weighted by Crippen LogP contribution is -2.58. The molecule has 5 atom stereocenters. The topological polar surface area (TPSA) is 171 Å². The lowest BCUT2D eigenvalue weighted by atomic mass is 10.00. The van der Waals surface area contributed by atoms with E-state index < -0.39 is 54.0 Å². The Labute approximate surface area is 188 Å². The van der Waals surface area contributed by atoms with Gasteiger partial charge in [0.05, 0.1) is 12.1 Å². The van der Waals surface area contributed by atoms with Crippen LogP contribution in [-0.4, -0.2) is 76.2 Å². The molecule has 0 aromatic heterocycles. The van der Waals surface area contributed by atoms with Crippen LogP contribution in [0.15, 0.2) is 0 Å². The first kappa shape index (κ1) is 29.1. The smallest absolute Gasteiger partial charge is 0.328 e. The van der Waals surface area contributed by atoms with Gasteiger partial charge in [-0.05, 0) is 43.6 Å². The Morgan fingerprint density at radius 2 is 1.42 bits per heavy atom. The summed E-state index contributed by atoms with van der Waals surface area (Å²) in [6.07, 6.45) is 1.11. The van der Waals surface area contributed by atoms with Crippen LogP contribution in [0.2, 0.25) is 0 Å². The maximum atomic E-state index is 12.9. The van der Waals surface area contributed by atoms with Crippen LogP contribution in [0.5, 0.6) is 0 Å². The van der Waals surface area contributed by atoms with Crippen molar-refractivity contribution in [2.24, 2.45) is 17.6 Å². The average Bonchev–Trinajstić information content (AvgIpc) is 2.66. The molecular formula is C20H38N4O6S. The molecule has 0 heterocycles. The minimum absolute atomic E-state index is 0.0800. The van der Waals surface area contributed by atoms with Crippen molar-refractivity contribution in [3.63, 3.8) is 0 Å². The van der Waals surface area contributed by atoms with Gasteiger partial charge in [-0.25, -0.2) is 4.79 Å². The first-order valence-electron chi connectivity index (χ1n) is 10.4. The van der Waals surface area contributed by atoms with Gasteiger partial charge >= 0.3 is 5.97 Å². The Bertz CT molecular complexity index is 614. The van der Waals surface area contributed by atoms with E-state index in [2.05, 4.69) is 16.0 Å². The first-order chi connectivity index (χ1) is 14.3. The fourth-order valence-electron chi connectivity index (χ4n) is 2.69. The summed E-state index contributed by atoms with van der Waals surface area (Å²) >= 11 is 1.46. The van der Waals surface area contributed by atoms with Crippen LogP contribution in [0.3, 0.4) is 0 Å². The van der Waals surface area contributed by atoms with E-state index in [9.17, 15) is 29.4 Å². The molecule has 11 heteroatoms. The Morgan fingerprint density at radius 1 is 0.903 bits per heavy atom. The number of aliphatic hydroxyl groups excluding tert-OH is 1. The molecule has 0 spiro atoms. The van der Waals surface area contributed by atoms with Crippen molar-refractivity contribution >= 4 is 35.5 Å². The van der Waals surface area contributed by atoms with Crippen molar-refractivity contribution in [3.8, 4) is 0 Å². The third kappa shape index (κ3) is 10.8. The number of nitrogens with one attached hydrogen (secondary N) is 3. The van der Waals surface area contributed by atoms with E-state index in [-0.39, 0.29) is 18.3 Å². The van der Waals surface area contributed by atoms with E-state index in [1.807, 2.05) is 20.1 Å². The summed E-state index contributed by atoms with van der Waals surface area (Å²) in [4.78, 5) is 49.2.